The average Bonchev–Trinajstić information content (AvgIpc) is 2.47. The maximum Gasteiger partial charge on any atom is 0.0122 e. The van der Waals surface area contributed by atoms with Gasteiger partial charge in [-0.1, -0.05) is 73.5 Å². The van der Waals surface area contributed by atoms with Crippen LogP contribution in [0.4, 0.5) is 0 Å². The van der Waals surface area contributed by atoms with Gasteiger partial charge in [-0.15, -0.1) is 0 Å². The average molecular weight is 264 g/mol. The van der Waals surface area contributed by atoms with Gasteiger partial charge in [-0.25, -0.2) is 0 Å². The van der Waals surface area contributed by atoms with Crippen LogP contribution < -0.4 is 0 Å². The molecule has 0 aliphatic heterocycles. The molecule has 0 spiro atoms. The minimum absolute atomic E-state index is 1.09. The summed E-state index contributed by atoms with van der Waals surface area (Å²) in [4.78, 5) is 2.48. The van der Waals surface area contributed by atoms with Crippen LogP contribution in [0.1, 0.15) is 5.56 Å². The minimum atomic E-state index is 1.09. The molecular formula is C18H16S. The van der Waals surface area contributed by atoms with Crippen LogP contribution in [-0.2, 0) is 0 Å². The highest BCUT2D eigenvalue weighted by atomic mass is 32.2. The third-order valence-electron chi connectivity index (χ3n) is 2.68. The van der Waals surface area contributed by atoms with Gasteiger partial charge in [-0.3, -0.25) is 0 Å². The summed E-state index contributed by atoms with van der Waals surface area (Å²) in [6, 6.07) is 18.9. The first-order valence-corrected chi connectivity index (χ1v) is 6.93. The van der Waals surface area contributed by atoms with Crippen molar-refractivity contribution in [3.05, 3.63) is 91.5 Å². The largest absolute Gasteiger partial charge is 0.0990 e. The molecule has 0 saturated heterocycles. The van der Waals surface area contributed by atoms with Crippen molar-refractivity contribution in [2.75, 3.05) is 0 Å². The lowest BCUT2D eigenvalue weighted by atomic mass is 10.1. The van der Waals surface area contributed by atoms with Crippen LogP contribution in [0.15, 0.2) is 95.8 Å². The molecule has 2 aromatic rings. The lowest BCUT2D eigenvalue weighted by Crippen LogP contribution is -1.80. The van der Waals surface area contributed by atoms with Crippen molar-refractivity contribution in [3.63, 3.8) is 0 Å². The smallest absolute Gasteiger partial charge is 0.0122 e. The lowest BCUT2D eigenvalue weighted by molar-refractivity contribution is 1.40. The Morgan fingerprint density at radius 1 is 0.842 bits per heavy atom. The van der Waals surface area contributed by atoms with E-state index in [0.29, 0.717) is 0 Å². The third kappa shape index (κ3) is 3.73. The maximum absolute atomic E-state index is 3.82. The van der Waals surface area contributed by atoms with Crippen molar-refractivity contribution in [1.82, 2.24) is 0 Å². The number of allylic oxidation sites excluding steroid dienone is 4. The van der Waals surface area contributed by atoms with Crippen LogP contribution >= 0.6 is 11.8 Å². The molecule has 0 aliphatic rings. The summed E-state index contributed by atoms with van der Waals surface area (Å²) in [5.41, 5.74) is 2.25. The molecule has 0 aliphatic carbocycles. The predicted octanol–water partition coefficient (Wildman–Crippen LogP) is 5.59. The first-order valence-electron chi connectivity index (χ1n) is 6.12. The summed E-state index contributed by atoms with van der Waals surface area (Å²) in [5.74, 6) is 0. The van der Waals surface area contributed by atoms with Crippen molar-refractivity contribution in [1.29, 1.82) is 0 Å². The number of hydrogen-bond donors (Lipinski definition) is 0. The fraction of sp³-hybridized carbons (Fsp3) is 0. The molecule has 0 fully saturated rings. The van der Waals surface area contributed by atoms with E-state index in [1.54, 1.807) is 17.8 Å². The maximum atomic E-state index is 3.82. The molecule has 0 bridgehead atoms. The molecule has 2 aromatic carbocycles. The van der Waals surface area contributed by atoms with E-state index in [-0.39, 0.29) is 0 Å². The number of hydrogen-bond acceptors (Lipinski definition) is 1. The quantitative estimate of drug-likeness (QED) is 0.634. The van der Waals surface area contributed by atoms with Gasteiger partial charge in [0.15, 0.2) is 0 Å². The van der Waals surface area contributed by atoms with Gasteiger partial charge in [0.05, 0.1) is 0 Å². The Bertz CT molecular complexity index is 577. The van der Waals surface area contributed by atoms with Crippen molar-refractivity contribution >= 4 is 17.3 Å². The minimum Gasteiger partial charge on any atom is -0.0990 e. The van der Waals surface area contributed by atoms with Gasteiger partial charge in [-0.2, -0.15) is 0 Å². The van der Waals surface area contributed by atoms with Crippen molar-refractivity contribution in [2.45, 2.75) is 9.79 Å². The van der Waals surface area contributed by atoms with Gasteiger partial charge in [0.25, 0.3) is 0 Å². The first kappa shape index (κ1) is 13.4. The van der Waals surface area contributed by atoms with Crippen LogP contribution in [0.3, 0.4) is 0 Å². The molecule has 0 aromatic heterocycles. The molecule has 0 heterocycles. The Morgan fingerprint density at radius 3 is 2.05 bits per heavy atom. The summed E-state index contributed by atoms with van der Waals surface area (Å²) in [6.07, 6.45) is 5.59. The van der Waals surface area contributed by atoms with Gasteiger partial charge in [0, 0.05) is 9.79 Å². The summed E-state index contributed by atoms with van der Waals surface area (Å²) in [6.45, 7) is 7.54. The molecule has 2 rings (SSSR count). The van der Waals surface area contributed by atoms with E-state index in [0.717, 1.165) is 11.1 Å². The van der Waals surface area contributed by atoms with E-state index in [9.17, 15) is 0 Å². The molecule has 0 N–H and O–H groups in total. The van der Waals surface area contributed by atoms with Gasteiger partial charge < -0.3 is 0 Å². The van der Waals surface area contributed by atoms with Crippen molar-refractivity contribution in [3.8, 4) is 0 Å². The molecule has 0 nitrogen and oxygen atoms in total. The van der Waals surface area contributed by atoms with E-state index >= 15 is 0 Å². The molecule has 0 amide bonds. The van der Waals surface area contributed by atoms with Crippen LogP contribution in [0.5, 0.6) is 0 Å². The zero-order valence-electron chi connectivity index (χ0n) is 10.8. The third-order valence-corrected chi connectivity index (χ3v) is 3.70. The molecular weight excluding hydrogens is 248 g/mol. The molecule has 0 unspecified atom stereocenters. The predicted molar refractivity (Wildman–Crippen MR) is 85.4 cm³/mol. The monoisotopic (exact) mass is 264 g/mol. The second-order valence-electron chi connectivity index (χ2n) is 4.00. The summed E-state index contributed by atoms with van der Waals surface area (Å²) >= 11 is 1.76. The normalized spacial score (nSPS) is 11.1. The zero-order chi connectivity index (χ0) is 13.5. The van der Waals surface area contributed by atoms with Crippen molar-refractivity contribution < 1.29 is 0 Å². The Hall–Kier alpha value is -1.99. The van der Waals surface area contributed by atoms with Gasteiger partial charge in [0.1, 0.15) is 0 Å². The molecule has 0 radical (unpaired) electrons. The number of rotatable bonds is 5. The van der Waals surface area contributed by atoms with E-state index in [1.807, 2.05) is 18.2 Å². The van der Waals surface area contributed by atoms with Gasteiger partial charge in [-0.05, 0) is 35.4 Å². The Balaban J connectivity index is 2.17. The summed E-state index contributed by atoms with van der Waals surface area (Å²) < 4.78 is 0. The first-order chi connectivity index (χ1) is 9.33. The van der Waals surface area contributed by atoms with Crippen LogP contribution in [-0.4, -0.2) is 0 Å². The lowest BCUT2D eigenvalue weighted by Gasteiger charge is -2.05. The second kappa shape index (κ2) is 6.81. The van der Waals surface area contributed by atoms with E-state index in [2.05, 4.69) is 61.7 Å². The van der Waals surface area contributed by atoms with Gasteiger partial charge in [0.2, 0.25) is 0 Å². The topological polar surface area (TPSA) is 0 Å². The van der Waals surface area contributed by atoms with Crippen LogP contribution in [0, 0.1) is 0 Å². The standard InChI is InChI=1S/C18H16S/c1-3-8-15(4-2)16-11-13-18(14-12-16)19-17-9-6-5-7-10-17/h3-14H,1-2H2/b15-8+. The summed E-state index contributed by atoms with van der Waals surface area (Å²) in [7, 11) is 0. The van der Waals surface area contributed by atoms with Crippen LogP contribution in [0.2, 0.25) is 0 Å². The fourth-order valence-electron chi connectivity index (χ4n) is 1.75. The second-order valence-corrected chi connectivity index (χ2v) is 5.15. The Labute approximate surface area is 119 Å². The molecule has 1 heteroatoms. The van der Waals surface area contributed by atoms with Crippen LogP contribution in [0.25, 0.3) is 5.57 Å². The molecule has 0 atom stereocenters. The molecule has 0 saturated carbocycles. The van der Waals surface area contributed by atoms with Gasteiger partial charge >= 0.3 is 0 Å². The highest BCUT2D eigenvalue weighted by Gasteiger charge is 1.99. The fourth-order valence-corrected chi connectivity index (χ4v) is 2.59. The highest BCUT2D eigenvalue weighted by molar-refractivity contribution is 7.99. The number of benzene rings is 2. The molecule has 94 valence electrons. The zero-order valence-corrected chi connectivity index (χ0v) is 11.6. The highest BCUT2D eigenvalue weighted by Crippen LogP contribution is 2.28. The Morgan fingerprint density at radius 2 is 1.47 bits per heavy atom. The van der Waals surface area contributed by atoms with E-state index in [1.165, 1.54) is 9.79 Å². The van der Waals surface area contributed by atoms with Crippen molar-refractivity contribution in [2.24, 2.45) is 0 Å². The SMILES string of the molecule is C=C/C=C(\C=C)c1ccc(Sc2ccccc2)cc1. The molecule has 19 heavy (non-hydrogen) atoms. The Kier molecular flexibility index (Phi) is 4.82. The van der Waals surface area contributed by atoms with E-state index in [4.69, 9.17) is 0 Å². The summed E-state index contributed by atoms with van der Waals surface area (Å²) in [5, 5.41) is 0. The van der Waals surface area contributed by atoms with E-state index < -0.39 is 0 Å².